The Morgan fingerprint density at radius 3 is 2.48 bits per heavy atom. The monoisotopic (exact) mass is 443 g/mol. The third-order valence-electron chi connectivity index (χ3n) is 6.31. The quantitative estimate of drug-likeness (QED) is 0.656. The zero-order valence-corrected chi connectivity index (χ0v) is 19.1. The smallest absolute Gasteiger partial charge is 0.260 e. The van der Waals surface area contributed by atoms with Crippen LogP contribution in [0.5, 0.6) is 0 Å². The first-order valence-electron chi connectivity index (χ1n) is 11.4. The van der Waals surface area contributed by atoms with Crippen LogP contribution < -0.4 is 5.56 Å². The molecule has 1 aromatic heterocycles. The summed E-state index contributed by atoms with van der Waals surface area (Å²) >= 11 is 0. The fourth-order valence-corrected chi connectivity index (χ4v) is 4.43. The van der Waals surface area contributed by atoms with E-state index in [0.717, 1.165) is 16.7 Å². The van der Waals surface area contributed by atoms with Crippen LogP contribution in [0, 0.1) is 12.8 Å². The number of hydrogen-bond donors (Lipinski definition) is 1. The summed E-state index contributed by atoms with van der Waals surface area (Å²) in [7, 11) is 0. The van der Waals surface area contributed by atoms with Gasteiger partial charge in [0.25, 0.3) is 11.5 Å². The molecule has 3 aromatic rings. The fourth-order valence-electron chi connectivity index (χ4n) is 4.43. The van der Waals surface area contributed by atoms with Crippen molar-refractivity contribution < 1.29 is 9.59 Å². The molecule has 1 N–H and O–H groups in total. The molecular weight excluding hydrogens is 414 g/mol. The highest BCUT2D eigenvalue weighted by atomic mass is 16.2. The van der Waals surface area contributed by atoms with Gasteiger partial charge in [0.1, 0.15) is 5.56 Å². The molecule has 0 unspecified atom stereocenters. The van der Waals surface area contributed by atoms with E-state index in [2.05, 4.69) is 48.3 Å². The minimum atomic E-state index is -0.410. The fraction of sp³-hybridized carbons (Fsp3) is 0.296. The molecule has 1 fully saturated rings. The summed E-state index contributed by atoms with van der Waals surface area (Å²) < 4.78 is 0. The van der Waals surface area contributed by atoms with Crippen LogP contribution in [0.1, 0.15) is 28.4 Å². The molecule has 2 heterocycles. The molecule has 0 aliphatic carbocycles. The molecule has 1 atom stereocenters. The molecule has 0 radical (unpaired) electrons. The van der Waals surface area contributed by atoms with Gasteiger partial charge >= 0.3 is 0 Å². The van der Waals surface area contributed by atoms with Gasteiger partial charge in [0, 0.05) is 32.4 Å². The van der Waals surface area contributed by atoms with Gasteiger partial charge in [0.05, 0.1) is 5.92 Å². The van der Waals surface area contributed by atoms with Crippen LogP contribution in [-0.4, -0.2) is 52.8 Å². The standard InChI is InChI=1S/C27H29N3O3/c1-3-29-15-16-30(27(33)24-9-6-14-28-25(24)31)18-22(26(29)32)17-21-7-4-5-8-23(21)20-12-10-19(2)11-13-20/h4-14,22H,3,15-18H2,1-2H3,(H,28,31)/t22-/m1/s1. The van der Waals surface area contributed by atoms with Gasteiger partial charge in [0.15, 0.2) is 0 Å². The summed E-state index contributed by atoms with van der Waals surface area (Å²) in [6.45, 7) is 5.75. The summed E-state index contributed by atoms with van der Waals surface area (Å²) in [6.07, 6.45) is 2.03. The number of likely N-dealkylation sites (N-methyl/N-ethyl adjacent to an activating group) is 1. The maximum Gasteiger partial charge on any atom is 0.260 e. The van der Waals surface area contributed by atoms with E-state index in [-0.39, 0.29) is 29.8 Å². The maximum atomic E-state index is 13.4. The van der Waals surface area contributed by atoms with Gasteiger partial charge in [-0.15, -0.1) is 0 Å². The van der Waals surface area contributed by atoms with Gasteiger partial charge in [-0.05, 0) is 49.1 Å². The number of carbonyl (C=O) groups is 2. The second kappa shape index (κ2) is 9.86. The van der Waals surface area contributed by atoms with E-state index < -0.39 is 5.56 Å². The van der Waals surface area contributed by atoms with Crippen molar-refractivity contribution >= 4 is 11.8 Å². The van der Waals surface area contributed by atoms with E-state index >= 15 is 0 Å². The van der Waals surface area contributed by atoms with Gasteiger partial charge in [0.2, 0.25) is 5.91 Å². The largest absolute Gasteiger partial charge is 0.341 e. The Morgan fingerprint density at radius 2 is 1.76 bits per heavy atom. The number of rotatable bonds is 5. The third kappa shape index (κ3) is 4.90. The molecule has 6 heteroatoms. The van der Waals surface area contributed by atoms with E-state index in [1.807, 2.05) is 24.0 Å². The van der Waals surface area contributed by atoms with E-state index in [1.165, 1.54) is 17.8 Å². The Kier molecular flexibility index (Phi) is 6.73. The zero-order valence-electron chi connectivity index (χ0n) is 19.1. The highest BCUT2D eigenvalue weighted by Crippen LogP contribution is 2.27. The van der Waals surface area contributed by atoms with Crippen LogP contribution in [0.3, 0.4) is 0 Å². The zero-order chi connectivity index (χ0) is 23.4. The summed E-state index contributed by atoms with van der Waals surface area (Å²) in [6, 6.07) is 19.7. The van der Waals surface area contributed by atoms with E-state index in [0.29, 0.717) is 26.1 Å². The van der Waals surface area contributed by atoms with Crippen LogP contribution in [0.2, 0.25) is 0 Å². The van der Waals surface area contributed by atoms with E-state index in [9.17, 15) is 14.4 Å². The molecule has 2 amide bonds. The maximum absolute atomic E-state index is 13.4. The number of carbonyl (C=O) groups excluding carboxylic acids is 2. The highest BCUT2D eigenvalue weighted by Gasteiger charge is 2.33. The van der Waals surface area contributed by atoms with Crippen molar-refractivity contribution in [2.45, 2.75) is 20.3 Å². The Bertz CT molecular complexity index is 1200. The number of H-pyrrole nitrogens is 1. The molecule has 4 rings (SSSR count). The van der Waals surface area contributed by atoms with E-state index in [4.69, 9.17) is 0 Å². The molecule has 33 heavy (non-hydrogen) atoms. The van der Waals surface area contributed by atoms with Gasteiger partial charge in [-0.25, -0.2) is 0 Å². The number of benzene rings is 2. The van der Waals surface area contributed by atoms with E-state index in [1.54, 1.807) is 11.0 Å². The van der Waals surface area contributed by atoms with Crippen molar-refractivity contribution in [3.8, 4) is 11.1 Å². The van der Waals surface area contributed by atoms with Crippen LogP contribution in [0.4, 0.5) is 0 Å². The normalized spacial score (nSPS) is 16.5. The summed E-state index contributed by atoms with van der Waals surface area (Å²) in [4.78, 5) is 44.7. The van der Waals surface area contributed by atoms with Gasteiger partial charge < -0.3 is 14.8 Å². The Balaban J connectivity index is 1.65. The molecule has 1 aliphatic heterocycles. The Morgan fingerprint density at radius 1 is 1.00 bits per heavy atom. The number of aromatic amines is 1. The predicted octanol–water partition coefficient (Wildman–Crippen LogP) is 3.51. The van der Waals surface area contributed by atoms with Crippen molar-refractivity contribution in [2.24, 2.45) is 5.92 Å². The highest BCUT2D eigenvalue weighted by molar-refractivity contribution is 5.94. The summed E-state index contributed by atoms with van der Waals surface area (Å²) in [5, 5.41) is 0. The number of amides is 2. The lowest BCUT2D eigenvalue weighted by molar-refractivity contribution is -0.134. The molecule has 1 aliphatic rings. The average molecular weight is 444 g/mol. The lowest BCUT2D eigenvalue weighted by atomic mass is 9.91. The number of aromatic nitrogens is 1. The minimum absolute atomic E-state index is 0.0495. The molecule has 1 saturated heterocycles. The number of hydrogen-bond acceptors (Lipinski definition) is 3. The molecule has 6 nitrogen and oxygen atoms in total. The second-order valence-corrected chi connectivity index (χ2v) is 8.51. The topological polar surface area (TPSA) is 73.5 Å². The molecule has 0 bridgehead atoms. The van der Waals surface area contributed by atoms with Crippen LogP contribution in [0.25, 0.3) is 11.1 Å². The number of nitrogens with zero attached hydrogens (tertiary/aromatic N) is 2. The number of aryl methyl sites for hydroxylation is 1. The predicted molar refractivity (Wildman–Crippen MR) is 129 cm³/mol. The molecular formula is C27H29N3O3. The van der Waals surface area contributed by atoms with Crippen LogP contribution in [-0.2, 0) is 11.2 Å². The minimum Gasteiger partial charge on any atom is -0.341 e. The Hall–Kier alpha value is -3.67. The summed E-state index contributed by atoms with van der Waals surface area (Å²) in [5.41, 5.74) is 4.16. The lowest BCUT2D eigenvalue weighted by Crippen LogP contribution is -2.39. The van der Waals surface area contributed by atoms with Gasteiger partial charge in [-0.2, -0.15) is 0 Å². The first kappa shape index (κ1) is 22.5. The lowest BCUT2D eigenvalue weighted by Gasteiger charge is -2.24. The molecule has 2 aromatic carbocycles. The van der Waals surface area contributed by atoms with Gasteiger partial charge in [-0.3, -0.25) is 14.4 Å². The average Bonchev–Trinajstić information content (AvgIpc) is 2.98. The second-order valence-electron chi connectivity index (χ2n) is 8.51. The molecule has 0 spiro atoms. The van der Waals surface area contributed by atoms with Crippen LogP contribution in [0.15, 0.2) is 71.7 Å². The van der Waals surface area contributed by atoms with Crippen molar-refractivity contribution in [3.63, 3.8) is 0 Å². The van der Waals surface area contributed by atoms with Crippen molar-refractivity contribution in [2.75, 3.05) is 26.2 Å². The first-order chi connectivity index (χ1) is 16.0. The molecule has 170 valence electrons. The van der Waals surface area contributed by atoms with Crippen molar-refractivity contribution in [1.82, 2.24) is 14.8 Å². The third-order valence-corrected chi connectivity index (χ3v) is 6.31. The first-order valence-corrected chi connectivity index (χ1v) is 11.4. The SMILES string of the molecule is CCN1CCN(C(=O)c2ccc[nH]c2=O)C[C@@H](Cc2ccccc2-c2ccc(C)cc2)C1=O. The number of pyridine rings is 1. The summed E-state index contributed by atoms with van der Waals surface area (Å²) in [5.74, 6) is -0.668. The van der Waals surface area contributed by atoms with Crippen molar-refractivity contribution in [1.29, 1.82) is 0 Å². The van der Waals surface area contributed by atoms with Crippen LogP contribution >= 0.6 is 0 Å². The molecule has 0 saturated carbocycles. The Labute approximate surface area is 193 Å². The van der Waals surface area contributed by atoms with Crippen molar-refractivity contribution in [3.05, 3.63) is 93.9 Å². The van der Waals surface area contributed by atoms with Gasteiger partial charge in [-0.1, -0.05) is 54.1 Å². The number of nitrogens with one attached hydrogen (secondary N) is 1.